The van der Waals surface area contributed by atoms with Gasteiger partial charge in [0.1, 0.15) is 5.75 Å². The molecule has 1 aromatic rings. The van der Waals surface area contributed by atoms with E-state index in [4.69, 9.17) is 4.74 Å². The largest absolute Gasteiger partial charge is 0.425 e. The Hall–Kier alpha value is -1.31. The van der Waals surface area contributed by atoms with E-state index in [-0.39, 0.29) is 11.9 Å². The van der Waals surface area contributed by atoms with Gasteiger partial charge in [-0.25, -0.2) is 0 Å². The van der Waals surface area contributed by atoms with Crippen LogP contribution in [0.15, 0.2) is 0 Å². The lowest BCUT2D eigenvalue weighted by Gasteiger charge is -2.15. The highest BCUT2D eigenvalue weighted by atomic mass is 16.5. The topological polar surface area (TPSA) is 26.3 Å². The Balaban J connectivity index is 2.76. The Labute approximate surface area is 96.6 Å². The van der Waals surface area contributed by atoms with Gasteiger partial charge in [0, 0.05) is 5.56 Å². The predicted molar refractivity (Wildman–Crippen MR) is 64.1 cm³/mol. The lowest BCUT2D eigenvalue weighted by molar-refractivity contribution is -0.134. The first-order chi connectivity index (χ1) is 7.49. The van der Waals surface area contributed by atoms with Crippen molar-refractivity contribution in [2.24, 2.45) is 0 Å². The Bertz CT molecular complexity index is 472. The summed E-state index contributed by atoms with van der Waals surface area (Å²) in [4.78, 5) is 11.8. The number of benzene rings is 1. The fraction of sp³-hybridized carbons (Fsp3) is 0.500. The molecule has 0 spiro atoms. The van der Waals surface area contributed by atoms with E-state index in [9.17, 15) is 4.79 Å². The molecule has 2 heteroatoms. The normalized spacial score (nSPS) is 18.6. The quantitative estimate of drug-likeness (QED) is 0.534. The molecular formula is C14H18O2. The van der Waals surface area contributed by atoms with Gasteiger partial charge in [0.25, 0.3) is 0 Å². The standard InChI is InChI=1S/C14H18O2/c1-6-11-12-9(4)7(2)8(3)10(5)13(12)16-14(11)15/h11H,6H2,1-5H3. The second-order valence-corrected chi connectivity index (χ2v) is 4.62. The molecular weight excluding hydrogens is 200 g/mol. The maximum Gasteiger partial charge on any atom is 0.318 e. The van der Waals surface area contributed by atoms with Crippen LogP contribution >= 0.6 is 0 Å². The summed E-state index contributed by atoms with van der Waals surface area (Å²) in [5, 5.41) is 0. The smallest absolute Gasteiger partial charge is 0.318 e. The van der Waals surface area contributed by atoms with Crippen LogP contribution < -0.4 is 4.74 Å². The molecule has 1 aromatic carbocycles. The summed E-state index contributed by atoms with van der Waals surface area (Å²) in [5.74, 6) is 0.666. The zero-order valence-corrected chi connectivity index (χ0v) is 10.6. The number of esters is 1. The minimum absolute atomic E-state index is 0.0620. The molecule has 86 valence electrons. The van der Waals surface area contributed by atoms with Gasteiger partial charge < -0.3 is 4.74 Å². The highest BCUT2D eigenvalue weighted by Crippen LogP contribution is 2.43. The Morgan fingerprint density at radius 1 is 1.00 bits per heavy atom. The molecule has 0 saturated carbocycles. The van der Waals surface area contributed by atoms with Crippen LogP contribution in [-0.2, 0) is 4.79 Å². The van der Waals surface area contributed by atoms with E-state index < -0.39 is 0 Å². The molecule has 0 fully saturated rings. The number of carbonyl (C=O) groups is 1. The lowest BCUT2D eigenvalue weighted by atomic mass is 9.87. The van der Waals surface area contributed by atoms with Crippen LogP contribution in [0.5, 0.6) is 5.75 Å². The van der Waals surface area contributed by atoms with Gasteiger partial charge >= 0.3 is 5.97 Å². The summed E-state index contributed by atoms with van der Waals surface area (Å²) in [6, 6.07) is 0. The summed E-state index contributed by atoms with van der Waals surface area (Å²) < 4.78 is 5.42. The number of hydrogen-bond acceptors (Lipinski definition) is 2. The minimum atomic E-state index is -0.0892. The van der Waals surface area contributed by atoms with Crippen molar-refractivity contribution >= 4 is 5.97 Å². The molecule has 16 heavy (non-hydrogen) atoms. The van der Waals surface area contributed by atoms with E-state index in [0.717, 1.165) is 23.3 Å². The fourth-order valence-electron chi connectivity index (χ4n) is 2.52. The Morgan fingerprint density at radius 3 is 2.12 bits per heavy atom. The average Bonchev–Trinajstić information content (AvgIpc) is 2.60. The first kappa shape index (κ1) is 11.2. The molecule has 0 radical (unpaired) electrons. The van der Waals surface area contributed by atoms with Crippen LogP contribution in [0, 0.1) is 27.7 Å². The molecule has 0 amide bonds. The molecule has 0 aliphatic carbocycles. The number of hydrogen-bond donors (Lipinski definition) is 0. The Morgan fingerprint density at radius 2 is 1.56 bits per heavy atom. The molecule has 2 rings (SSSR count). The van der Waals surface area contributed by atoms with Crippen LogP contribution in [0.3, 0.4) is 0 Å². The number of rotatable bonds is 1. The van der Waals surface area contributed by atoms with Gasteiger partial charge in [-0.05, 0) is 56.4 Å². The fourth-order valence-corrected chi connectivity index (χ4v) is 2.52. The van der Waals surface area contributed by atoms with Crippen LogP contribution in [-0.4, -0.2) is 5.97 Å². The van der Waals surface area contributed by atoms with Gasteiger partial charge in [-0.2, -0.15) is 0 Å². The third-order valence-electron chi connectivity index (χ3n) is 3.92. The van der Waals surface area contributed by atoms with E-state index in [2.05, 4.69) is 20.8 Å². The van der Waals surface area contributed by atoms with Crippen molar-refractivity contribution in [3.63, 3.8) is 0 Å². The molecule has 1 unspecified atom stereocenters. The van der Waals surface area contributed by atoms with Gasteiger partial charge in [0.2, 0.25) is 0 Å². The van der Waals surface area contributed by atoms with E-state index in [1.54, 1.807) is 0 Å². The second-order valence-electron chi connectivity index (χ2n) is 4.62. The minimum Gasteiger partial charge on any atom is -0.425 e. The van der Waals surface area contributed by atoms with Crippen molar-refractivity contribution < 1.29 is 9.53 Å². The van der Waals surface area contributed by atoms with Crippen LogP contribution in [0.2, 0.25) is 0 Å². The van der Waals surface area contributed by atoms with Crippen molar-refractivity contribution in [3.8, 4) is 5.75 Å². The maximum atomic E-state index is 11.8. The van der Waals surface area contributed by atoms with Crippen LogP contribution in [0.1, 0.15) is 47.1 Å². The van der Waals surface area contributed by atoms with E-state index in [1.807, 2.05) is 13.8 Å². The highest BCUT2D eigenvalue weighted by Gasteiger charge is 2.35. The van der Waals surface area contributed by atoms with Crippen molar-refractivity contribution in [3.05, 3.63) is 27.8 Å². The molecule has 0 aromatic heterocycles. The monoisotopic (exact) mass is 218 g/mol. The van der Waals surface area contributed by atoms with Gasteiger partial charge in [0.05, 0.1) is 5.92 Å². The number of ether oxygens (including phenoxy) is 1. The zero-order chi connectivity index (χ0) is 12.0. The SMILES string of the molecule is CCC1C(=O)Oc2c(C)c(C)c(C)c(C)c21. The first-order valence-electron chi connectivity index (χ1n) is 5.81. The summed E-state index contributed by atoms with van der Waals surface area (Å²) >= 11 is 0. The number of fused-ring (bicyclic) bond motifs is 1. The summed E-state index contributed by atoms with van der Waals surface area (Å²) in [6.45, 7) is 10.4. The Kier molecular flexibility index (Phi) is 2.53. The lowest BCUT2D eigenvalue weighted by Crippen LogP contribution is -2.09. The summed E-state index contributed by atoms with van der Waals surface area (Å²) in [6.07, 6.45) is 0.814. The van der Waals surface area contributed by atoms with Gasteiger partial charge in [-0.15, -0.1) is 0 Å². The zero-order valence-electron chi connectivity index (χ0n) is 10.6. The summed E-state index contributed by atoms with van der Waals surface area (Å²) in [7, 11) is 0. The van der Waals surface area contributed by atoms with E-state index in [0.29, 0.717) is 0 Å². The average molecular weight is 218 g/mol. The highest BCUT2D eigenvalue weighted by molar-refractivity contribution is 5.88. The molecule has 0 N–H and O–H groups in total. The van der Waals surface area contributed by atoms with Crippen LogP contribution in [0.4, 0.5) is 0 Å². The van der Waals surface area contributed by atoms with Gasteiger partial charge in [-0.3, -0.25) is 4.79 Å². The predicted octanol–water partition coefficient (Wildman–Crippen LogP) is 3.33. The molecule has 1 aliphatic rings. The van der Waals surface area contributed by atoms with Gasteiger partial charge in [-0.1, -0.05) is 6.92 Å². The van der Waals surface area contributed by atoms with Crippen molar-refractivity contribution in [1.82, 2.24) is 0 Å². The van der Waals surface area contributed by atoms with E-state index >= 15 is 0 Å². The van der Waals surface area contributed by atoms with E-state index in [1.165, 1.54) is 16.7 Å². The van der Waals surface area contributed by atoms with Crippen molar-refractivity contribution in [2.75, 3.05) is 0 Å². The van der Waals surface area contributed by atoms with Gasteiger partial charge in [0.15, 0.2) is 0 Å². The van der Waals surface area contributed by atoms with Crippen LogP contribution in [0.25, 0.3) is 0 Å². The molecule has 0 bridgehead atoms. The molecule has 1 heterocycles. The molecule has 0 saturated heterocycles. The van der Waals surface area contributed by atoms with Crippen molar-refractivity contribution in [2.45, 2.75) is 47.0 Å². The first-order valence-corrected chi connectivity index (χ1v) is 5.81. The summed E-state index contributed by atoms with van der Waals surface area (Å²) in [5.41, 5.74) is 5.97. The van der Waals surface area contributed by atoms with Crippen molar-refractivity contribution in [1.29, 1.82) is 0 Å². The molecule has 2 nitrogen and oxygen atoms in total. The maximum absolute atomic E-state index is 11.8. The third kappa shape index (κ3) is 1.29. The molecule has 1 atom stereocenters. The third-order valence-corrected chi connectivity index (χ3v) is 3.92. The molecule has 1 aliphatic heterocycles. The second kappa shape index (κ2) is 3.62. The number of carbonyl (C=O) groups excluding carboxylic acids is 1.